The number of aromatic nitrogens is 2. The molecule has 1 N–H and O–H groups in total. The molecule has 1 atom stereocenters. The molecule has 1 aromatic heterocycles. The first-order chi connectivity index (χ1) is 15.9. The SMILES string of the molecule is COc1cc(OC)c(N2CC(C(=O)Nc3ccnn3Cc3ccccc3Cl)CC2=O)cc1Cl. The quantitative estimate of drug-likeness (QED) is 0.537. The molecule has 0 radical (unpaired) electrons. The highest BCUT2D eigenvalue weighted by Gasteiger charge is 2.37. The molecule has 1 fully saturated rings. The third-order valence-electron chi connectivity index (χ3n) is 5.49. The maximum atomic E-state index is 13.0. The van der Waals surface area contributed by atoms with E-state index in [0.717, 1.165) is 5.56 Å². The highest BCUT2D eigenvalue weighted by molar-refractivity contribution is 6.32. The second-order valence-corrected chi connectivity index (χ2v) is 8.33. The fourth-order valence-electron chi connectivity index (χ4n) is 3.75. The van der Waals surface area contributed by atoms with E-state index in [1.165, 1.54) is 19.1 Å². The number of nitrogens with zero attached hydrogens (tertiary/aromatic N) is 3. The van der Waals surface area contributed by atoms with Crippen LogP contribution in [0.15, 0.2) is 48.7 Å². The Kier molecular flexibility index (Phi) is 6.76. The number of ether oxygens (including phenoxy) is 2. The Morgan fingerprint density at radius 2 is 1.88 bits per heavy atom. The Morgan fingerprint density at radius 3 is 2.61 bits per heavy atom. The van der Waals surface area contributed by atoms with E-state index in [1.54, 1.807) is 35.1 Å². The standard InChI is InChI=1S/C23H22Cl2N4O4/c1-32-19-11-20(33-2)18(10-17(19)25)28-12-15(9-22(28)30)23(31)27-21-7-8-26-29(21)13-14-5-3-4-6-16(14)24/h3-8,10-11,15H,9,12-13H2,1-2H3,(H,27,31). The number of hydrogen-bond donors (Lipinski definition) is 1. The van der Waals surface area contributed by atoms with Crippen LogP contribution in [0, 0.1) is 5.92 Å². The van der Waals surface area contributed by atoms with Crippen molar-refractivity contribution in [2.45, 2.75) is 13.0 Å². The molecule has 0 bridgehead atoms. The van der Waals surface area contributed by atoms with Crippen molar-refractivity contribution in [3.05, 3.63) is 64.3 Å². The van der Waals surface area contributed by atoms with Gasteiger partial charge in [0.15, 0.2) is 0 Å². The lowest BCUT2D eigenvalue weighted by Gasteiger charge is -2.21. The van der Waals surface area contributed by atoms with E-state index in [1.807, 2.05) is 18.2 Å². The zero-order valence-electron chi connectivity index (χ0n) is 18.0. The summed E-state index contributed by atoms with van der Waals surface area (Å²) in [6.07, 6.45) is 1.67. The molecule has 1 saturated heterocycles. The Hall–Kier alpha value is -3.23. The van der Waals surface area contributed by atoms with Crippen LogP contribution < -0.4 is 19.7 Å². The Balaban J connectivity index is 1.49. The van der Waals surface area contributed by atoms with Gasteiger partial charge in [0.1, 0.15) is 17.3 Å². The molecule has 1 unspecified atom stereocenters. The van der Waals surface area contributed by atoms with Crippen molar-refractivity contribution in [1.82, 2.24) is 9.78 Å². The average molecular weight is 489 g/mol. The monoisotopic (exact) mass is 488 g/mol. The maximum absolute atomic E-state index is 13.0. The van der Waals surface area contributed by atoms with Crippen LogP contribution in [-0.2, 0) is 16.1 Å². The summed E-state index contributed by atoms with van der Waals surface area (Å²) >= 11 is 12.5. The molecule has 2 amide bonds. The summed E-state index contributed by atoms with van der Waals surface area (Å²) in [6, 6.07) is 12.4. The average Bonchev–Trinajstić information content (AvgIpc) is 3.41. The molecular formula is C23H22Cl2N4O4. The molecule has 10 heteroatoms. The van der Waals surface area contributed by atoms with Crippen molar-refractivity contribution in [3.8, 4) is 11.5 Å². The van der Waals surface area contributed by atoms with Gasteiger partial charge in [0, 0.05) is 30.1 Å². The number of anilines is 2. The molecule has 2 heterocycles. The summed E-state index contributed by atoms with van der Waals surface area (Å²) in [6.45, 7) is 0.599. The lowest BCUT2D eigenvalue weighted by Crippen LogP contribution is -2.29. The van der Waals surface area contributed by atoms with E-state index < -0.39 is 5.92 Å². The van der Waals surface area contributed by atoms with Gasteiger partial charge in [-0.3, -0.25) is 9.59 Å². The van der Waals surface area contributed by atoms with Crippen LogP contribution in [0.3, 0.4) is 0 Å². The van der Waals surface area contributed by atoms with E-state index in [2.05, 4.69) is 10.4 Å². The lowest BCUT2D eigenvalue weighted by atomic mass is 10.1. The number of nitrogens with one attached hydrogen (secondary N) is 1. The molecule has 3 aromatic rings. The summed E-state index contributed by atoms with van der Waals surface area (Å²) in [5, 5.41) is 8.13. The lowest BCUT2D eigenvalue weighted by molar-refractivity contribution is -0.122. The van der Waals surface area contributed by atoms with Crippen LogP contribution in [0.4, 0.5) is 11.5 Å². The Labute approximate surface area is 201 Å². The summed E-state index contributed by atoms with van der Waals surface area (Å²) in [5.74, 6) is 0.376. The smallest absolute Gasteiger partial charge is 0.230 e. The molecule has 1 aliphatic rings. The fraction of sp³-hybridized carbons (Fsp3) is 0.261. The Bertz CT molecular complexity index is 1200. The number of halogens is 2. The molecule has 1 aliphatic heterocycles. The fourth-order valence-corrected chi connectivity index (χ4v) is 4.18. The molecule has 172 valence electrons. The molecule has 2 aromatic carbocycles. The first-order valence-corrected chi connectivity index (χ1v) is 10.9. The van der Waals surface area contributed by atoms with Crippen molar-refractivity contribution in [3.63, 3.8) is 0 Å². The maximum Gasteiger partial charge on any atom is 0.230 e. The van der Waals surface area contributed by atoms with E-state index in [9.17, 15) is 9.59 Å². The summed E-state index contributed by atoms with van der Waals surface area (Å²) in [7, 11) is 3.00. The zero-order valence-corrected chi connectivity index (χ0v) is 19.6. The van der Waals surface area contributed by atoms with Gasteiger partial charge in [-0.25, -0.2) is 4.68 Å². The summed E-state index contributed by atoms with van der Waals surface area (Å²) < 4.78 is 12.3. The predicted octanol–water partition coefficient (Wildman–Crippen LogP) is 4.25. The third kappa shape index (κ3) is 4.77. The number of methoxy groups -OCH3 is 2. The van der Waals surface area contributed by atoms with Crippen LogP contribution >= 0.6 is 23.2 Å². The van der Waals surface area contributed by atoms with Crippen LogP contribution in [0.2, 0.25) is 10.0 Å². The molecular weight excluding hydrogens is 467 g/mol. The first kappa shape index (κ1) is 22.9. The minimum Gasteiger partial charge on any atom is -0.495 e. The number of rotatable bonds is 7. The molecule has 0 saturated carbocycles. The van der Waals surface area contributed by atoms with E-state index in [0.29, 0.717) is 39.6 Å². The third-order valence-corrected chi connectivity index (χ3v) is 6.15. The van der Waals surface area contributed by atoms with Crippen LogP contribution in [0.5, 0.6) is 11.5 Å². The van der Waals surface area contributed by atoms with Gasteiger partial charge >= 0.3 is 0 Å². The summed E-state index contributed by atoms with van der Waals surface area (Å²) in [4.78, 5) is 27.3. The van der Waals surface area contributed by atoms with E-state index >= 15 is 0 Å². The highest BCUT2D eigenvalue weighted by atomic mass is 35.5. The van der Waals surface area contributed by atoms with Gasteiger partial charge in [-0.15, -0.1) is 0 Å². The van der Waals surface area contributed by atoms with Gasteiger partial charge in [-0.1, -0.05) is 41.4 Å². The van der Waals surface area contributed by atoms with Crippen molar-refractivity contribution in [2.75, 3.05) is 31.0 Å². The number of hydrogen-bond acceptors (Lipinski definition) is 5. The summed E-state index contributed by atoms with van der Waals surface area (Å²) in [5.41, 5.74) is 1.37. The van der Waals surface area contributed by atoms with Gasteiger partial charge < -0.3 is 19.7 Å². The second kappa shape index (κ2) is 9.72. The van der Waals surface area contributed by atoms with Crippen molar-refractivity contribution >= 4 is 46.5 Å². The van der Waals surface area contributed by atoms with Gasteiger partial charge in [0.25, 0.3) is 0 Å². The van der Waals surface area contributed by atoms with Crippen LogP contribution in [0.1, 0.15) is 12.0 Å². The number of carbonyl (C=O) groups excluding carboxylic acids is 2. The second-order valence-electron chi connectivity index (χ2n) is 7.52. The zero-order chi connectivity index (χ0) is 23.5. The van der Waals surface area contributed by atoms with Gasteiger partial charge in [-0.2, -0.15) is 5.10 Å². The van der Waals surface area contributed by atoms with Gasteiger partial charge in [0.2, 0.25) is 11.8 Å². The molecule has 33 heavy (non-hydrogen) atoms. The molecule has 0 spiro atoms. The topological polar surface area (TPSA) is 85.7 Å². The van der Waals surface area contributed by atoms with E-state index in [-0.39, 0.29) is 24.8 Å². The van der Waals surface area contributed by atoms with Gasteiger partial charge in [-0.05, 0) is 17.7 Å². The minimum atomic E-state index is -0.549. The Morgan fingerprint density at radius 1 is 1.12 bits per heavy atom. The normalized spacial score (nSPS) is 15.6. The van der Waals surface area contributed by atoms with Crippen molar-refractivity contribution in [1.29, 1.82) is 0 Å². The number of carbonyl (C=O) groups is 2. The minimum absolute atomic E-state index is 0.0668. The molecule has 8 nitrogen and oxygen atoms in total. The van der Waals surface area contributed by atoms with E-state index in [4.69, 9.17) is 32.7 Å². The largest absolute Gasteiger partial charge is 0.495 e. The number of amides is 2. The van der Waals surface area contributed by atoms with Crippen molar-refractivity contribution in [2.24, 2.45) is 5.92 Å². The van der Waals surface area contributed by atoms with Crippen LogP contribution in [-0.4, -0.2) is 42.4 Å². The van der Waals surface area contributed by atoms with Crippen LogP contribution in [0.25, 0.3) is 0 Å². The first-order valence-electron chi connectivity index (χ1n) is 10.2. The molecule has 0 aliphatic carbocycles. The number of benzene rings is 2. The van der Waals surface area contributed by atoms with Gasteiger partial charge in [0.05, 0.1) is 43.6 Å². The molecule has 4 rings (SSSR count). The van der Waals surface area contributed by atoms with Crippen molar-refractivity contribution < 1.29 is 19.1 Å². The predicted molar refractivity (Wildman–Crippen MR) is 126 cm³/mol. The highest BCUT2D eigenvalue weighted by Crippen LogP contribution is 2.40.